The van der Waals surface area contributed by atoms with Crippen LogP contribution in [0.25, 0.3) is 0 Å². The molecule has 0 bridgehead atoms. The number of rotatable bonds is 6. The van der Waals surface area contributed by atoms with Gasteiger partial charge in [-0.05, 0) is 24.7 Å². The van der Waals surface area contributed by atoms with E-state index in [1.54, 1.807) is 0 Å². The molecule has 0 aromatic heterocycles. The molecule has 0 N–H and O–H groups in total. The third kappa shape index (κ3) is 3.69. The molecule has 0 amide bonds. The molecule has 1 saturated carbocycles. The van der Waals surface area contributed by atoms with E-state index < -0.39 is 0 Å². The molecule has 82 valence electrons. The normalized spacial score (nSPS) is 25.6. The van der Waals surface area contributed by atoms with Gasteiger partial charge in [-0.25, -0.2) is 0 Å². The topological polar surface area (TPSA) is 26.3 Å². The second-order valence-electron chi connectivity index (χ2n) is 4.48. The lowest BCUT2D eigenvalue weighted by Gasteiger charge is -2.34. The van der Waals surface area contributed by atoms with Gasteiger partial charge in [-0.3, -0.25) is 4.79 Å². The van der Waals surface area contributed by atoms with Gasteiger partial charge in [-0.15, -0.1) is 0 Å². The summed E-state index contributed by atoms with van der Waals surface area (Å²) in [7, 11) is 1.47. The van der Waals surface area contributed by atoms with E-state index in [4.69, 9.17) is 0 Å². The van der Waals surface area contributed by atoms with E-state index >= 15 is 0 Å². The van der Waals surface area contributed by atoms with Crippen molar-refractivity contribution in [2.24, 2.45) is 11.8 Å². The summed E-state index contributed by atoms with van der Waals surface area (Å²) < 4.78 is 4.65. The fraction of sp³-hybridized carbons (Fsp3) is 0.917. The predicted octanol–water partition coefficient (Wildman–Crippen LogP) is 3.16. The molecule has 2 nitrogen and oxygen atoms in total. The molecule has 1 aliphatic carbocycles. The molecule has 0 atom stereocenters. The molecule has 0 spiro atoms. The van der Waals surface area contributed by atoms with Crippen molar-refractivity contribution in [3.63, 3.8) is 0 Å². The SMILES string of the molecule is CCCCCC1CC(CC(=O)OC)C1. The Bertz CT molecular complexity index is 171. The van der Waals surface area contributed by atoms with Gasteiger partial charge >= 0.3 is 5.97 Å². The molecule has 2 heteroatoms. The highest BCUT2D eigenvalue weighted by Crippen LogP contribution is 2.39. The summed E-state index contributed by atoms with van der Waals surface area (Å²) in [5, 5.41) is 0. The monoisotopic (exact) mass is 198 g/mol. The van der Waals surface area contributed by atoms with Crippen LogP contribution in [0.4, 0.5) is 0 Å². The summed E-state index contributed by atoms with van der Waals surface area (Å²) >= 11 is 0. The Morgan fingerprint density at radius 2 is 2.00 bits per heavy atom. The van der Waals surface area contributed by atoms with Crippen molar-refractivity contribution in [1.82, 2.24) is 0 Å². The van der Waals surface area contributed by atoms with Crippen LogP contribution in [0.15, 0.2) is 0 Å². The van der Waals surface area contributed by atoms with Crippen molar-refractivity contribution in [3.05, 3.63) is 0 Å². The summed E-state index contributed by atoms with van der Waals surface area (Å²) in [5.74, 6) is 1.48. The Labute approximate surface area is 87.0 Å². The van der Waals surface area contributed by atoms with Crippen LogP contribution in [0, 0.1) is 11.8 Å². The van der Waals surface area contributed by atoms with Crippen molar-refractivity contribution in [2.75, 3.05) is 7.11 Å². The molecule has 0 aromatic rings. The van der Waals surface area contributed by atoms with Crippen molar-refractivity contribution in [3.8, 4) is 0 Å². The van der Waals surface area contributed by atoms with Crippen LogP contribution < -0.4 is 0 Å². The van der Waals surface area contributed by atoms with E-state index in [0.717, 1.165) is 5.92 Å². The van der Waals surface area contributed by atoms with E-state index in [2.05, 4.69) is 11.7 Å². The van der Waals surface area contributed by atoms with Crippen molar-refractivity contribution in [1.29, 1.82) is 0 Å². The lowest BCUT2D eigenvalue weighted by Crippen LogP contribution is -2.26. The molecule has 1 fully saturated rings. The molecule has 1 rings (SSSR count). The Morgan fingerprint density at radius 1 is 1.29 bits per heavy atom. The second-order valence-corrected chi connectivity index (χ2v) is 4.48. The predicted molar refractivity (Wildman–Crippen MR) is 57.0 cm³/mol. The van der Waals surface area contributed by atoms with E-state index in [-0.39, 0.29) is 5.97 Å². The Hall–Kier alpha value is -0.530. The molecule has 0 radical (unpaired) electrons. The summed E-state index contributed by atoms with van der Waals surface area (Å²) in [4.78, 5) is 11.0. The first-order valence-electron chi connectivity index (χ1n) is 5.83. The second kappa shape index (κ2) is 6.05. The molecular weight excluding hydrogens is 176 g/mol. The summed E-state index contributed by atoms with van der Waals surface area (Å²) in [6.45, 7) is 2.24. The number of hydrogen-bond donors (Lipinski definition) is 0. The van der Waals surface area contributed by atoms with Gasteiger partial charge in [0.25, 0.3) is 0 Å². The van der Waals surface area contributed by atoms with Gasteiger partial charge in [0.1, 0.15) is 0 Å². The van der Waals surface area contributed by atoms with Gasteiger partial charge in [0.15, 0.2) is 0 Å². The zero-order chi connectivity index (χ0) is 10.4. The fourth-order valence-corrected chi connectivity index (χ4v) is 2.28. The maximum absolute atomic E-state index is 11.0. The lowest BCUT2D eigenvalue weighted by molar-refractivity contribution is -0.142. The molecule has 0 aliphatic heterocycles. The molecule has 0 unspecified atom stereocenters. The molecular formula is C12H22O2. The molecule has 0 heterocycles. The lowest BCUT2D eigenvalue weighted by atomic mass is 9.71. The maximum atomic E-state index is 11.0. The standard InChI is InChI=1S/C12H22O2/c1-3-4-5-6-10-7-11(8-10)9-12(13)14-2/h10-11H,3-9H2,1-2H3. The zero-order valence-electron chi connectivity index (χ0n) is 9.42. The quantitative estimate of drug-likeness (QED) is 0.484. The number of esters is 1. The van der Waals surface area contributed by atoms with E-state index in [1.807, 2.05) is 0 Å². The first-order valence-corrected chi connectivity index (χ1v) is 5.83. The highest BCUT2D eigenvalue weighted by atomic mass is 16.5. The van der Waals surface area contributed by atoms with Crippen molar-refractivity contribution in [2.45, 2.75) is 51.9 Å². The third-order valence-corrected chi connectivity index (χ3v) is 3.23. The highest BCUT2D eigenvalue weighted by Gasteiger charge is 2.30. The minimum atomic E-state index is -0.0398. The van der Waals surface area contributed by atoms with E-state index in [9.17, 15) is 4.79 Å². The van der Waals surface area contributed by atoms with E-state index in [1.165, 1.54) is 45.6 Å². The first-order chi connectivity index (χ1) is 6.76. The number of hydrogen-bond acceptors (Lipinski definition) is 2. The van der Waals surface area contributed by atoms with Crippen LogP contribution in [0.5, 0.6) is 0 Å². The Kier molecular flexibility index (Phi) is 4.99. The average molecular weight is 198 g/mol. The summed E-state index contributed by atoms with van der Waals surface area (Å²) in [6.07, 6.45) is 8.53. The third-order valence-electron chi connectivity index (χ3n) is 3.23. The highest BCUT2D eigenvalue weighted by molar-refractivity contribution is 5.69. The Morgan fingerprint density at radius 3 is 2.57 bits per heavy atom. The number of unbranched alkanes of at least 4 members (excludes halogenated alkanes) is 2. The molecule has 0 aromatic carbocycles. The number of ether oxygens (including phenoxy) is 1. The van der Waals surface area contributed by atoms with Gasteiger partial charge in [0, 0.05) is 6.42 Å². The van der Waals surface area contributed by atoms with Crippen molar-refractivity contribution < 1.29 is 9.53 Å². The minimum Gasteiger partial charge on any atom is -0.469 e. The van der Waals surface area contributed by atoms with Gasteiger partial charge in [0.05, 0.1) is 7.11 Å². The number of methoxy groups -OCH3 is 1. The van der Waals surface area contributed by atoms with Gasteiger partial charge < -0.3 is 4.74 Å². The smallest absolute Gasteiger partial charge is 0.305 e. The maximum Gasteiger partial charge on any atom is 0.305 e. The van der Waals surface area contributed by atoms with Crippen LogP contribution in [-0.4, -0.2) is 13.1 Å². The van der Waals surface area contributed by atoms with Crippen LogP contribution in [0.1, 0.15) is 51.9 Å². The van der Waals surface area contributed by atoms with Crippen LogP contribution in [0.2, 0.25) is 0 Å². The molecule has 14 heavy (non-hydrogen) atoms. The zero-order valence-corrected chi connectivity index (χ0v) is 9.42. The summed E-state index contributed by atoms with van der Waals surface area (Å²) in [5.41, 5.74) is 0. The first kappa shape index (κ1) is 11.5. The minimum absolute atomic E-state index is 0.0398. The average Bonchev–Trinajstić information content (AvgIpc) is 2.13. The Balaban J connectivity index is 1.97. The van der Waals surface area contributed by atoms with Crippen LogP contribution in [0.3, 0.4) is 0 Å². The number of carbonyl (C=O) groups excluding carboxylic acids is 1. The summed E-state index contributed by atoms with van der Waals surface area (Å²) in [6, 6.07) is 0. The van der Waals surface area contributed by atoms with Crippen molar-refractivity contribution >= 4 is 5.97 Å². The largest absolute Gasteiger partial charge is 0.469 e. The van der Waals surface area contributed by atoms with Gasteiger partial charge in [0.2, 0.25) is 0 Å². The number of carbonyl (C=O) groups is 1. The van der Waals surface area contributed by atoms with Gasteiger partial charge in [-0.2, -0.15) is 0 Å². The van der Waals surface area contributed by atoms with Gasteiger partial charge in [-0.1, -0.05) is 32.6 Å². The molecule has 1 aliphatic rings. The van der Waals surface area contributed by atoms with Crippen LogP contribution in [-0.2, 0) is 9.53 Å². The fourth-order valence-electron chi connectivity index (χ4n) is 2.28. The molecule has 0 saturated heterocycles. The van der Waals surface area contributed by atoms with E-state index in [0.29, 0.717) is 12.3 Å². The van der Waals surface area contributed by atoms with Crippen LogP contribution >= 0.6 is 0 Å².